The van der Waals surface area contributed by atoms with Crippen molar-refractivity contribution in [2.24, 2.45) is 0 Å². The molecule has 0 atom stereocenters. The zero-order chi connectivity index (χ0) is 14.6. The first-order chi connectivity index (χ1) is 9.48. The van der Waals surface area contributed by atoms with E-state index in [9.17, 15) is 8.42 Å². The summed E-state index contributed by atoms with van der Waals surface area (Å²) in [7, 11) is -3.41. The first-order valence-electron chi connectivity index (χ1n) is 5.86. The van der Waals surface area contributed by atoms with Crippen LogP contribution in [0, 0.1) is 18.3 Å². The maximum absolute atomic E-state index is 11.9. The Balaban J connectivity index is 1.98. The van der Waals surface area contributed by atoms with Gasteiger partial charge in [-0.1, -0.05) is 12.1 Å². The van der Waals surface area contributed by atoms with Crippen molar-refractivity contribution >= 4 is 21.4 Å². The molecule has 0 aliphatic heterocycles. The predicted molar refractivity (Wildman–Crippen MR) is 77.5 cm³/mol. The number of aryl methyl sites for hydroxylation is 1. The van der Waals surface area contributed by atoms with Crippen molar-refractivity contribution in [1.82, 2.24) is 9.71 Å². The van der Waals surface area contributed by atoms with Crippen molar-refractivity contribution in [3.05, 3.63) is 51.5 Å². The van der Waals surface area contributed by atoms with E-state index < -0.39 is 10.0 Å². The van der Waals surface area contributed by atoms with E-state index in [-0.39, 0.29) is 12.3 Å². The van der Waals surface area contributed by atoms with Gasteiger partial charge in [0.2, 0.25) is 10.0 Å². The van der Waals surface area contributed by atoms with Gasteiger partial charge in [0, 0.05) is 5.38 Å². The summed E-state index contributed by atoms with van der Waals surface area (Å²) >= 11 is 1.49. The van der Waals surface area contributed by atoms with E-state index in [1.165, 1.54) is 11.3 Å². The molecule has 0 aliphatic carbocycles. The van der Waals surface area contributed by atoms with Crippen LogP contribution < -0.4 is 4.72 Å². The molecule has 1 heterocycles. The fourth-order valence-electron chi connectivity index (χ4n) is 1.62. The summed E-state index contributed by atoms with van der Waals surface area (Å²) in [4.78, 5) is 4.20. The van der Waals surface area contributed by atoms with Crippen molar-refractivity contribution in [2.75, 3.05) is 0 Å². The minimum Gasteiger partial charge on any atom is -0.245 e. The van der Waals surface area contributed by atoms with E-state index >= 15 is 0 Å². The normalized spacial score (nSPS) is 11.2. The molecule has 0 saturated heterocycles. The summed E-state index contributed by atoms with van der Waals surface area (Å²) in [5, 5.41) is 11.4. The molecule has 1 aromatic carbocycles. The van der Waals surface area contributed by atoms with E-state index in [0.29, 0.717) is 11.1 Å². The molecule has 0 aliphatic rings. The summed E-state index contributed by atoms with van der Waals surface area (Å²) in [6, 6.07) is 8.49. The molecular formula is C13H13N3O2S2. The van der Waals surface area contributed by atoms with Gasteiger partial charge in [-0.05, 0) is 24.6 Å². The van der Waals surface area contributed by atoms with E-state index in [2.05, 4.69) is 9.71 Å². The first kappa shape index (κ1) is 14.7. The average molecular weight is 307 g/mol. The first-order valence-corrected chi connectivity index (χ1v) is 8.39. The van der Waals surface area contributed by atoms with Crippen LogP contribution in [0.1, 0.15) is 21.8 Å². The highest BCUT2D eigenvalue weighted by Crippen LogP contribution is 2.10. The van der Waals surface area contributed by atoms with Crippen molar-refractivity contribution < 1.29 is 8.42 Å². The van der Waals surface area contributed by atoms with Gasteiger partial charge < -0.3 is 0 Å². The Kier molecular flexibility index (Phi) is 4.49. The molecule has 0 fully saturated rings. The van der Waals surface area contributed by atoms with Crippen molar-refractivity contribution in [2.45, 2.75) is 19.2 Å². The number of sulfonamides is 1. The van der Waals surface area contributed by atoms with Gasteiger partial charge in [-0.3, -0.25) is 0 Å². The quantitative estimate of drug-likeness (QED) is 0.915. The molecule has 0 spiro atoms. The third-order valence-electron chi connectivity index (χ3n) is 2.58. The van der Waals surface area contributed by atoms with Crippen LogP contribution in [0.5, 0.6) is 0 Å². The zero-order valence-corrected chi connectivity index (χ0v) is 12.5. The lowest BCUT2D eigenvalue weighted by Gasteiger charge is -2.05. The Hall–Kier alpha value is -1.75. The fraction of sp³-hybridized carbons (Fsp3) is 0.231. The Labute approximate surface area is 122 Å². The molecule has 7 heteroatoms. The molecule has 5 nitrogen and oxygen atoms in total. The molecule has 0 unspecified atom stereocenters. The monoisotopic (exact) mass is 307 g/mol. The molecule has 20 heavy (non-hydrogen) atoms. The van der Waals surface area contributed by atoms with Crippen LogP contribution in [0.25, 0.3) is 0 Å². The number of hydrogen-bond acceptors (Lipinski definition) is 5. The van der Waals surface area contributed by atoms with Gasteiger partial charge >= 0.3 is 0 Å². The summed E-state index contributed by atoms with van der Waals surface area (Å²) in [5.74, 6) is -0.109. The number of rotatable bonds is 5. The molecule has 2 aromatic rings. The Morgan fingerprint density at radius 2 is 2.05 bits per heavy atom. The Morgan fingerprint density at radius 1 is 1.35 bits per heavy atom. The lowest BCUT2D eigenvalue weighted by molar-refractivity contribution is 0.579. The van der Waals surface area contributed by atoms with Gasteiger partial charge in [0.05, 0.1) is 34.6 Å². The maximum atomic E-state index is 11.9. The van der Waals surface area contributed by atoms with Crippen LogP contribution in [-0.2, 0) is 22.3 Å². The van der Waals surface area contributed by atoms with Gasteiger partial charge in [-0.2, -0.15) is 5.26 Å². The van der Waals surface area contributed by atoms with Crippen LogP contribution in [0.15, 0.2) is 29.6 Å². The number of aromatic nitrogens is 1. The molecule has 104 valence electrons. The number of hydrogen-bond donors (Lipinski definition) is 1. The van der Waals surface area contributed by atoms with Crippen LogP contribution in [0.3, 0.4) is 0 Å². The fourth-order valence-corrected chi connectivity index (χ4v) is 3.33. The van der Waals surface area contributed by atoms with Crippen LogP contribution in [0.2, 0.25) is 0 Å². The third kappa shape index (κ3) is 4.13. The molecule has 0 radical (unpaired) electrons. The van der Waals surface area contributed by atoms with E-state index in [0.717, 1.165) is 10.7 Å². The number of nitrogens with one attached hydrogen (secondary N) is 1. The lowest BCUT2D eigenvalue weighted by atomic mass is 10.2. The maximum Gasteiger partial charge on any atom is 0.216 e. The standard InChI is InChI=1S/C13H13N3O2S2/c1-10-16-13(8-19-10)7-15-20(17,18)9-12-4-2-11(6-14)3-5-12/h2-5,8,15H,7,9H2,1H3. The minimum absolute atomic E-state index is 0.109. The molecule has 2 rings (SSSR count). The van der Waals surface area contributed by atoms with Gasteiger partial charge in [-0.15, -0.1) is 11.3 Å². The predicted octanol–water partition coefficient (Wildman–Crippen LogP) is 1.94. The van der Waals surface area contributed by atoms with Gasteiger partial charge in [0.1, 0.15) is 0 Å². The molecule has 0 amide bonds. The van der Waals surface area contributed by atoms with Gasteiger partial charge in [0.25, 0.3) is 0 Å². The molecule has 0 saturated carbocycles. The lowest BCUT2D eigenvalue weighted by Crippen LogP contribution is -2.24. The van der Waals surface area contributed by atoms with Crippen molar-refractivity contribution in [1.29, 1.82) is 5.26 Å². The topological polar surface area (TPSA) is 82.8 Å². The average Bonchev–Trinajstić information content (AvgIpc) is 2.83. The zero-order valence-electron chi connectivity index (χ0n) is 10.8. The molecule has 1 N–H and O–H groups in total. The molecule has 1 aromatic heterocycles. The van der Waals surface area contributed by atoms with E-state index in [4.69, 9.17) is 5.26 Å². The number of thiazole rings is 1. The number of benzene rings is 1. The third-order valence-corrected chi connectivity index (χ3v) is 4.70. The van der Waals surface area contributed by atoms with Crippen LogP contribution >= 0.6 is 11.3 Å². The molecular weight excluding hydrogens is 294 g/mol. The highest BCUT2D eigenvalue weighted by molar-refractivity contribution is 7.88. The van der Waals surface area contributed by atoms with Gasteiger partial charge in [-0.25, -0.2) is 18.1 Å². The largest absolute Gasteiger partial charge is 0.245 e. The number of nitriles is 1. The van der Waals surface area contributed by atoms with Crippen molar-refractivity contribution in [3.63, 3.8) is 0 Å². The van der Waals surface area contributed by atoms with E-state index in [1.54, 1.807) is 24.3 Å². The summed E-state index contributed by atoms with van der Waals surface area (Å²) in [6.07, 6.45) is 0. The summed E-state index contributed by atoms with van der Waals surface area (Å²) < 4.78 is 26.4. The SMILES string of the molecule is Cc1nc(CNS(=O)(=O)Cc2ccc(C#N)cc2)cs1. The second-order valence-corrected chi connectivity index (χ2v) is 7.12. The van der Waals surface area contributed by atoms with Crippen LogP contribution in [-0.4, -0.2) is 13.4 Å². The molecule has 0 bridgehead atoms. The Morgan fingerprint density at radius 3 is 2.60 bits per heavy atom. The highest BCUT2D eigenvalue weighted by atomic mass is 32.2. The van der Waals surface area contributed by atoms with Crippen LogP contribution in [0.4, 0.5) is 0 Å². The second kappa shape index (κ2) is 6.13. The highest BCUT2D eigenvalue weighted by Gasteiger charge is 2.12. The smallest absolute Gasteiger partial charge is 0.216 e. The Bertz CT molecular complexity index is 728. The summed E-state index contributed by atoms with van der Waals surface area (Å²) in [6.45, 7) is 2.07. The van der Waals surface area contributed by atoms with E-state index in [1.807, 2.05) is 18.4 Å². The number of nitrogens with zero attached hydrogens (tertiary/aromatic N) is 2. The summed E-state index contributed by atoms with van der Waals surface area (Å²) in [5.41, 5.74) is 1.87. The minimum atomic E-state index is -3.41. The van der Waals surface area contributed by atoms with Gasteiger partial charge in [0.15, 0.2) is 0 Å². The second-order valence-electron chi connectivity index (χ2n) is 4.25. The van der Waals surface area contributed by atoms with Crippen molar-refractivity contribution in [3.8, 4) is 6.07 Å².